The summed E-state index contributed by atoms with van der Waals surface area (Å²) in [5.74, 6) is 0.704. The van der Waals surface area contributed by atoms with Gasteiger partial charge in [0, 0.05) is 10.9 Å². The highest BCUT2D eigenvalue weighted by Crippen LogP contribution is 2.28. The Kier molecular flexibility index (Phi) is 3.48. The number of benzene rings is 1. The first kappa shape index (κ1) is 12.6. The molecule has 1 fully saturated rings. The molecule has 2 heterocycles. The zero-order chi connectivity index (χ0) is 13.2. The molecule has 19 heavy (non-hydrogen) atoms. The summed E-state index contributed by atoms with van der Waals surface area (Å²) in [6.45, 7) is 1.89. The van der Waals surface area contributed by atoms with E-state index in [-0.39, 0.29) is 17.4 Å². The maximum absolute atomic E-state index is 13.7. The first-order valence-corrected chi connectivity index (χ1v) is 6.61. The standard InChI is InChI=1S/C13H13ClFN3O/c14-9-1-2-11(15)10(7-9)13-17-12(18-19-13)8-3-5-16-6-4-8/h1-2,7-8,16H,3-6H2. The number of nitrogens with one attached hydrogen (secondary N) is 1. The van der Waals surface area contributed by atoms with E-state index < -0.39 is 5.82 Å². The van der Waals surface area contributed by atoms with Crippen LogP contribution >= 0.6 is 11.6 Å². The Balaban J connectivity index is 1.89. The molecule has 100 valence electrons. The normalized spacial score (nSPS) is 16.7. The van der Waals surface area contributed by atoms with Gasteiger partial charge in [0.15, 0.2) is 5.82 Å². The first-order chi connectivity index (χ1) is 9.24. The van der Waals surface area contributed by atoms with E-state index in [4.69, 9.17) is 16.1 Å². The summed E-state index contributed by atoms with van der Waals surface area (Å²) in [7, 11) is 0. The first-order valence-electron chi connectivity index (χ1n) is 6.24. The van der Waals surface area contributed by atoms with E-state index in [2.05, 4.69) is 15.5 Å². The summed E-state index contributed by atoms with van der Waals surface area (Å²) >= 11 is 5.86. The van der Waals surface area contributed by atoms with Crippen LogP contribution in [0.4, 0.5) is 4.39 Å². The monoisotopic (exact) mass is 281 g/mol. The van der Waals surface area contributed by atoms with Crippen LogP contribution in [0.3, 0.4) is 0 Å². The van der Waals surface area contributed by atoms with Crippen LogP contribution in [0.1, 0.15) is 24.6 Å². The summed E-state index contributed by atoms with van der Waals surface area (Å²) in [5, 5.41) is 7.68. The van der Waals surface area contributed by atoms with Gasteiger partial charge in [-0.1, -0.05) is 16.8 Å². The Bertz CT molecular complexity index is 581. The van der Waals surface area contributed by atoms with Gasteiger partial charge < -0.3 is 9.84 Å². The van der Waals surface area contributed by atoms with Crippen molar-refractivity contribution in [2.24, 2.45) is 0 Å². The van der Waals surface area contributed by atoms with Gasteiger partial charge in [-0.05, 0) is 44.1 Å². The third-order valence-corrected chi connectivity index (χ3v) is 3.54. The molecule has 0 unspecified atom stereocenters. The Morgan fingerprint density at radius 3 is 2.89 bits per heavy atom. The minimum absolute atomic E-state index is 0.188. The predicted molar refractivity (Wildman–Crippen MR) is 69.5 cm³/mol. The van der Waals surface area contributed by atoms with Gasteiger partial charge >= 0.3 is 0 Å². The van der Waals surface area contributed by atoms with Gasteiger partial charge in [0.05, 0.1) is 5.56 Å². The van der Waals surface area contributed by atoms with Gasteiger partial charge in [0.1, 0.15) is 5.82 Å². The number of aromatic nitrogens is 2. The van der Waals surface area contributed by atoms with Crippen LogP contribution < -0.4 is 5.32 Å². The number of nitrogens with zero attached hydrogens (tertiary/aromatic N) is 2. The molecule has 2 aromatic rings. The number of halogens is 2. The van der Waals surface area contributed by atoms with E-state index in [1.165, 1.54) is 18.2 Å². The van der Waals surface area contributed by atoms with Crippen LogP contribution in [0.2, 0.25) is 5.02 Å². The molecule has 1 aliphatic heterocycles. The van der Waals surface area contributed by atoms with Crippen LogP contribution in [-0.2, 0) is 0 Å². The minimum atomic E-state index is -0.412. The summed E-state index contributed by atoms with van der Waals surface area (Å²) in [6.07, 6.45) is 1.94. The van der Waals surface area contributed by atoms with Crippen LogP contribution in [0, 0.1) is 5.82 Å². The Morgan fingerprint density at radius 2 is 2.11 bits per heavy atom. The average molecular weight is 282 g/mol. The fraction of sp³-hybridized carbons (Fsp3) is 0.385. The lowest BCUT2D eigenvalue weighted by atomic mass is 9.98. The molecule has 1 saturated heterocycles. The molecule has 1 N–H and O–H groups in total. The van der Waals surface area contributed by atoms with Gasteiger partial charge in [-0.2, -0.15) is 4.98 Å². The SMILES string of the molecule is Fc1ccc(Cl)cc1-c1nc(C2CCNCC2)no1. The Labute approximate surface area is 115 Å². The van der Waals surface area contributed by atoms with Crippen molar-refractivity contribution >= 4 is 11.6 Å². The van der Waals surface area contributed by atoms with Crippen molar-refractivity contribution in [1.82, 2.24) is 15.5 Å². The lowest BCUT2D eigenvalue weighted by Gasteiger charge is -2.18. The molecule has 1 aromatic heterocycles. The number of hydrogen-bond acceptors (Lipinski definition) is 4. The molecule has 1 aliphatic rings. The predicted octanol–water partition coefficient (Wildman–Crippen LogP) is 3.00. The van der Waals surface area contributed by atoms with Crippen molar-refractivity contribution in [3.63, 3.8) is 0 Å². The third kappa shape index (κ3) is 2.62. The summed E-state index contributed by atoms with van der Waals surface area (Å²) in [5.41, 5.74) is 0.250. The average Bonchev–Trinajstić information content (AvgIpc) is 2.92. The van der Waals surface area contributed by atoms with E-state index >= 15 is 0 Å². The van der Waals surface area contributed by atoms with Crippen molar-refractivity contribution in [3.8, 4) is 11.5 Å². The highest BCUT2D eigenvalue weighted by Gasteiger charge is 2.22. The molecular weight excluding hydrogens is 269 g/mol. The molecule has 1 aromatic carbocycles. The Hall–Kier alpha value is -1.46. The fourth-order valence-electron chi connectivity index (χ4n) is 2.25. The molecule has 0 aliphatic carbocycles. The van der Waals surface area contributed by atoms with Gasteiger partial charge in [-0.25, -0.2) is 4.39 Å². The second-order valence-electron chi connectivity index (χ2n) is 4.61. The maximum Gasteiger partial charge on any atom is 0.260 e. The molecule has 0 bridgehead atoms. The Morgan fingerprint density at radius 1 is 1.32 bits per heavy atom. The molecule has 4 nitrogen and oxygen atoms in total. The maximum atomic E-state index is 13.7. The van der Waals surface area contributed by atoms with E-state index in [1.54, 1.807) is 0 Å². The van der Waals surface area contributed by atoms with Crippen molar-refractivity contribution in [3.05, 3.63) is 34.9 Å². The van der Waals surface area contributed by atoms with Crippen LogP contribution in [-0.4, -0.2) is 23.2 Å². The zero-order valence-corrected chi connectivity index (χ0v) is 11.0. The van der Waals surface area contributed by atoms with Crippen molar-refractivity contribution < 1.29 is 8.91 Å². The second-order valence-corrected chi connectivity index (χ2v) is 5.04. The molecule has 0 radical (unpaired) electrons. The van der Waals surface area contributed by atoms with Gasteiger partial charge in [0.2, 0.25) is 0 Å². The van der Waals surface area contributed by atoms with E-state index in [0.717, 1.165) is 25.9 Å². The van der Waals surface area contributed by atoms with Gasteiger partial charge in [-0.15, -0.1) is 0 Å². The third-order valence-electron chi connectivity index (χ3n) is 3.30. The lowest BCUT2D eigenvalue weighted by Crippen LogP contribution is -2.27. The van der Waals surface area contributed by atoms with Crippen LogP contribution in [0.5, 0.6) is 0 Å². The number of hydrogen-bond donors (Lipinski definition) is 1. The van der Waals surface area contributed by atoms with Gasteiger partial charge in [-0.3, -0.25) is 0 Å². The van der Waals surface area contributed by atoms with Crippen molar-refractivity contribution in [1.29, 1.82) is 0 Å². The molecule has 0 saturated carbocycles. The second kappa shape index (κ2) is 5.27. The highest BCUT2D eigenvalue weighted by atomic mass is 35.5. The number of rotatable bonds is 2. The quantitative estimate of drug-likeness (QED) is 0.919. The molecule has 6 heteroatoms. The largest absolute Gasteiger partial charge is 0.334 e. The van der Waals surface area contributed by atoms with E-state index in [0.29, 0.717) is 10.8 Å². The summed E-state index contributed by atoms with van der Waals surface area (Å²) in [6, 6.07) is 4.28. The van der Waals surface area contributed by atoms with Crippen molar-refractivity contribution in [2.45, 2.75) is 18.8 Å². The van der Waals surface area contributed by atoms with Crippen LogP contribution in [0.15, 0.2) is 22.7 Å². The lowest BCUT2D eigenvalue weighted by molar-refractivity contribution is 0.391. The fourth-order valence-corrected chi connectivity index (χ4v) is 2.42. The van der Waals surface area contributed by atoms with Crippen molar-refractivity contribution in [2.75, 3.05) is 13.1 Å². The molecule has 3 rings (SSSR count). The minimum Gasteiger partial charge on any atom is -0.334 e. The van der Waals surface area contributed by atoms with Gasteiger partial charge in [0.25, 0.3) is 5.89 Å². The smallest absolute Gasteiger partial charge is 0.260 e. The topological polar surface area (TPSA) is 51.0 Å². The zero-order valence-electron chi connectivity index (χ0n) is 10.2. The highest BCUT2D eigenvalue weighted by molar-refractivity contribution is 6.30. The summed E-state index contributed by atoms with van der Waals surface area (Å²) in [4.78, 5) is 4.30. The van der Waals surface area contributed by atoms with E-state index in [9.17, 15) is 4.39 Å². The summed E-state index contributed by atoms with van der Waals surface area (Å²) < 4.78 is 18.9. The number of piperidine rings is 1. The molecule has 0 amide bonds. The van der Waals surface area contributed by atoms with Crippen LogP contribution in [0.25, 0.3) is 11.5 Å². The molecule has 0 atom stereocenters. The molecule has 0 spiro atoms. The van der Waals surface area contributed by atoms with E-state index in [1.807, 2.05) is 0 Å². The molecular formula is C13H13ClFN3O.